The van der Waals surface area contributed by atoms with Gasteiger partial charge in [-0.25, -0.2) is 0 Å². The van der Waals surface area contributed by atoms with E-state index in [9.17, 15) is 4.79 Å². The highest BCUT2D eigenvalue weighted by Gasteiger charge is 2.23. The molecule has 1 unspecified atom stereocenters. The summed E-state index contributed by atoms with van der Waals surface area (Å²) in [4.78, 5) is 12.6. The van der Waals surface area contributed by atoms with E-state index in [2.05, 4.69) is 5.32 Å². The van der Waals surface area contributed by atoms with Gasteiger partial charge in [-0.2, -0.15) is 0 Å². The molecule has 4 heteroatoms. The molecular weight excluding hydrogens is 302 g/mol. The number of carbonyl (C=O) groups excluding carboxylic acids is 1. The minimum absolute atomic E-state index is 0.0202. The Morgan fingerprint density at radius 1 is 0.958 bits per heavy atom. The zero-order valence-electron chi connectivity index (χ0n) is 13.6. The number of hydrogen-bond donors (Lipinski definition) is 1. The lowest BCUT2D eigenvalue weighted by Crippen LogP contribution is -2.32. The smallest absolute Gasteiger partial charge is 0.227 e. The van der Waals surface area contributed by atoms with Crippen molar-refractivity contribution in [3.05, 3.63) is 84.2 Å². The van der Waals surface area contributed by atoms with Crippen LogP contribution in [0, 0.1) is 0 Å². The SMILES string of the molecule is CCC(C(=O)NCC(c1ccco1)c1ccco1)c1ccccc1. The molecule has 2 aromatic heterocycles. The van der Waals surface area contributed by atoms with E-state index < -0.39 is 0 Å². The predicted octanol–water partition coefficient (Wildman–Crippen LogP) is 4.31. The van der Waals surface area contributed by atoms with Gasteiger partial charge < -0.3 is 14.2 Å². The van der Waals surface area contributed by atoms with Gasteiger partial charge in [-0.05, 0) is 36.2 Å². The van der Waals surface area contributed by atoms with Crippen molar-refractivity contribution < 1.29 is 13.6 Å². The van der Waals surface area contributed by atoms with Gasteiger partial charge in [0.05, 0.1) is 24.4 Å². The minimum Gasteiger partial charge on any atom is -0.469 e. The van der Waals surface area contributed by atoms with Crippen LogP contribution in [0.5, 0.6) is 0 Å². The Kier molecular flexibility index (Phi) is 5.16. The summed E-state index contributed by atoms with van der Waals surface area (Å²) in [5, 5.41) is 3.05. The summed E-state index contributed by atoms with van der Waals surface area (Å²) < 4.78 is 11.0. The van der Waals surface area contributed by atoms with Crippen molar-refractivity contribution in [1.82, 2.24) is 5.32 Å². The van der Waals surface area contributed by atoms with Crippen LogP contribution in [0.1, 0.15) is 42.3 Å². The number of hydrogen-bond acceptors (Lipinski definition) is 3. The molecule has 0 bridgehead atoms. The molecule has 1 atom stereocenters. The summed E-state index contributed by atoms with van der Waals surface area (Å²) in [6, 6.07) is 17.3. The second-order valence-corrected chi connectivity index (χ2v) is 5.70. The van der Waals surface area contributed by atoms with Crippen LogP contribution >= 0.6 is 0 Å². The Morgan fingerprint density at radius 2 is 1.58 bits per heavy atom. The van der Waals surface area contributed by atoms with E-state index in [1.807, 2.05) is 61.5 Å². The number of nitrogens with one attached hydrogen (secondary N) is 1. The second-order valence-electron chi connectivity index (χ2n) is 5.70. The minimum atomic E-state index is -0.153. The quantitative estimate of drug-likeness (QED) is 0.704. The third-order valence-corrected chi connectivity index (χ3v) is 4.18. The Balaban J connectivity index is 1.71. The van der Waals surface area contributed by atoms with E-state index in [0.717, 1.165) is 23.5 Å². The molecule has 24 heavy (non-hydrogen) atoms. The Hall–Kier alpha value is -2.75. The summed E-state index contributed by atoms with van der Waals surface area (Å²) >= 11 is 0. The van der Waals surface area contributed by atoms with Crippen LogP contribution in [0.15, 0.2) is 76.0 Å². The van der Waals surface area contributed by atoms with Gasteiger partial charge in [0.2, 0.25) is 5.91 Å². The van der Waals surface area contributed by atoms with Crippen LogP contribution in [-0.2, 0) is 4.79 Å². The molecule has 0 saturated heterocycles. The second kappa shape index (κ2) is 7.68. The highest BCUT2D eigenvalue weighted by Crippen LogP contribution is 2.26. The van der Waals surface area contributed by atoms with Gasteiger partial charge in [0, 0.05) is 6.54 Å². The first-order valence-electron chi connectivity index (χ1n) is 8.19. The fourth-order valence-corrected chi connectivity index (χ4v) is 2.90. The normalized spacial score (nSPS) is 12.2. The third-order valence-electron chi connectivity index (χ3n) is 4.18. The van der Waals surface area contributed by atoms with Crippen LogP contribution in [0.25, 0.3) is 0 Å². The molecule has 2 heterocycles. The number of carbonyl (C=O) groups is 1. The highest BCUT2D eigenvalue weighted by molar-refractivity contribution is 5.83. The van der Waals surface area contributed by atoms with Crippen molar-refractivity contribution in [1.29, 1.82) is 0 Å². The molecule has 0 fully saturated rings. The molecule has 0 aliphatic rings. The topological polar surface area (TPSA) is 55.4 Å². The number of amides is 1. The van der Waals surface area contributed by atoms with Crippen molar-refractivity contribution in [2.75, 3.05) is 6.54 Å². The van der Waals surface area contributed by atoms with Crippen molar-refractivity contribution in [3.8, 4) is 0 Å². The van der Waals surface area contributed by atoms with Gasteiger partial charge in [-0.15, -0.1) is 0 Å². The third kappa shape index (κ3) is 3.59. The van der Waals surface area contributed by atoms with Crippen LogP contribution in [-0.4, -0.2) is 12.5 Å². The summed E-state index contributed by atoms with van der Waals surface area (Å²) in [5.74, 6) is 1.29. The number of furan rings is 2. The Morgan fingerprint density at radius 3 is 2.08 bits per heavy atom. The molecule has 3 rings (SSSR count). The molecule has 0 spiro atoms. The Bertz CT molecular complexity index is 698. The fourth-order valence-electron chi connectivity index (χ4n) is 2.90. The van der Waals surface area contributed by atoms with Crippen molar-refractivity contribution >= 4 is 5.91 Å². The van der Waals surface area contributed by atoms with Crippen LogP contribution in [0.3, 0.4) is 0 Å². The van der Waals surface area contributed by atoms with E-state index in [4.69, 9.17) is 8.83 Å². The van der Waals surface area contributed by atoms with Crippen molar-refractivity contribution in [3.63, 3.8) is 0 Å². The predicted molar refractivity (Wildman–Crippen MR) is 91.7 cm³/mol. The molecule has 4 nitrogen and oxygen atoms in total. The maximum absolute atomic E-state index is 12.6. The lowest BCUT2D eigenvalue weighted by atomic mass is 9.95. The lowest BCUT2D eigenvalue weighted by molar-refractivity contribution is -0.122. The van der Waals surface area contributed by atoms with Gasteiger partial charge in [0.1, 0.15) is 11.5 Å². The summed E-state index contributed by atoms with van der Waals surface area (Å²) in [7, 11) is 0. The Labute approximate surface area is 141 Å². The molecule has 0 radical (unpaired) electrons. The molecule has 0 saturated carbocycles. The van der Waals surface area contributed by atoms with Gasteiger partial charge >= 0.3 is 0 Å². The zero-order chi connectivity index (χ0) is 16.8. The molecular formula is C20H21NO3. The zero-order valence-corrected chi connectivity index (χ0v) is 13.6. The maximum Gasteiger partial charge on any atom is 0.227 e. The maximum atomic E-state index is 12.6. The van der Waals surface area contributed by atoms with Crippen molar-refractivity contribution in [2.24, 2.45) is 0 Å². The monoisotopic (exact) mass is 323 g/mol. The standard InChI is InChI=1S/C20H21NO3/c1-2-16(15-8-4-3-5-9-15)20(22)21-14-17(18-10-6-12-23-18)19-11-7-13-24-19/h3-13,16-17H,2,14H2,1H3,(H,21,22). The first-order chi connectivity index (χ1) is 11.8. The van der Waals surface area contributed by atoms with E-state index in [-0.39, 0.29) is 17.7 Å². The van der Waals surface area contributed by atoms with Gasteiger partial charge in [-0.3, -0.25) is 4.79 Å². The van der Waals surface area contributed by atoms with Gasteiger partial charge in [0.15, 0.2) is 0 Å². The van der Waals surface area contributed by atoms with Crippen LogP contribution < -0.4 is 5.32 Å². The van der Waals surface area contributed by atoms with E-state index in [1.54, 1.807) is 12.5 Å². The number of rotatable bonds is 7. The molecule has 3 aromatic rings. The van der Waals surface area contributed by atoms with E-state index in [0.29, 0.717) is 6.54 Å². The summed E-state index contributed by atoms with van der Waals surface area (Å²) in [6.07, 6.45) is 4.01. The molecule has 124 valence electrons. The first-order valence-corrected chi connectivity index (χ1v) is 8.19. The van der Waals surface area contributed by atoms with Gasteiger partial charge in [0.25, 0.3) is 0 Å². The van der Waals surface area contributed by atoms with Gasteiger partial charge in [-0.1, -0.05) is 37.3 Å². The molecule has 0 aliphatic carbocycles. The van der Waals surface area contributed by atoms with Crippen molar-refractivity contribution in [2.45, 2.75) is 25.2 Å². The molecule has 1 amide bonds. The average molecular weight is 323 g/mol. The summed E-state index contributed by atoms with van der Waals surface area (Å²) in [5.41, 5.74) is 1.03. The lowest BCUT2D eigenvalue weighted by Gasteiger charge is -2.18. The summed E-state index contributed by atoms with van der Waals surface area (Å²) in [6.45, 7) is 2.46. The number of benzene rings is 1. The van der Waals surface area contributed by atoms with Crippen LogP contribution in [0.2, 0.25) is 0 Å². The van der Waals surface area contributed by atoms with E-state index in [1.165, 1.54) is 0 Å². The fraction of sp³-hybridized carbons (Fsp3) is 0.250. The highest BCUT2D eigenvalue weighted by atomic mass is 16.3. The largest absolute Gasteiger partial charge is 0.469 e. The molecule has 1 N–H and O–H groups in total. The van der Waals surface area contributed by atoms with Crippen LogP contribution in [0.4, 0.5) is 0 Å². The van der Waals surface area contributed by atoms with E-state index >= 15 is 0 Å². The molecule has 0 aliphatic heterocycles. The average Bonchev–Trinajstić information content (AvgIpc) is 3.31. The first kappa shape index (κ1) is 16.1. The molecule has 1 aromatic carbocycles.